The highest BCUT2D eigenvalue weighted by Crippen LogP contribution is 2.38. The third-order valence-corrected chi connectivity index (χ3v) is 2.32. The second-order valence-electron chi connectivity index (χ2n) is 2.57. The fraction of sp³-hybridized carbons (Fsp3) is 0.400. The number of hydrogen-bond donors (Lipinski definition) is 0. The molecule has 0 aliphatic heterocycles. The fourth-order valence-corrected chi connectivity index (χ4v) is 1.63. The van der Waals surface area contributed by atoms with E-state index in [1.807, 2.05) is 13.0 Å². The summed E-state index contributed by atoms with van der Waals surface area (Å²) in [5, 5.41) is 0. The summed E-state index contributed by atoms with van der Waals surface area (Å²) in [5.41, 5.74) is 0. The summed E-state index contributed by atoms with van der Waals surface area (Å²) < 4.78 is 16.6. The normalized spacial score (nSPS) is 9.71. The van der Waals surface area contributed by atoms with Crippen LogP contribution in [-0.4, -0.2) is 20.8 Å². The van der Waals surface area contributed by atoms with Gasteiger partial charge in [-0.15, -0.1) is 0 Å². The molecule has 0 saturated heterocycles. The Hall–Kier alpha value is -0.900. The van der Waals surface area contributed by atoms with Gasteiger partial charge in [-0.3, -0.25) is 0 Å². The van der Waals surface area contributed by atoms with Crippen LogP contribution in [0.5, 0.6) is 17.2 Å². The zero-order valence-electron chi connectivity index (χ0n) is 8.46. The number of rotatable bonds is 4. The first kappa shape index (κ1) is 11.2. The molecule has 0 aliphatic carbocycles. The Balaban J connectivity index is 3.13. The van der Waals surface area contributed by atoms with Crippen LogP contribution in [0, 0.1) is 0 Å². The van der Waals surface area contributed by atoms with E-state index in [1.54, 1.807) is 20.3 Å². The molecule has 0 bridgehead atoms. The van der Waals surface area contributed by atoms with E-state index < -0.39 is 0 Å². The highest BCUT2D eigenvalue weighted by Gasteiger charge is 2.10. The average molecular weight is 261 g/mol. The molecule has 0 aromatic heterocycles. The van der Waals surface area contributed by atoms with Crippen molar-refractivity contribution in [3.05, 3.63) is 16.6 Å². The molecule has 0 saturated carbocycles. The lowest BCUT2D eigenvalue weighted by Gasteiger charge is -2.12. The highest BCUT2D eigenvalue weighted by atomic mass is 79.9. The molecule has 0 radical (unpaired) electrons. The van der Waals surface area contributed by atoms with Gasteiger partial charge in [0.15, 0.2) is 11.5 Å². The summed E-state index contributed by atoms with van der Waals surface area (Å²) in [6.07, 6.45) is 0. The first-order chi connectivity index (χ1) is 6.72. The number of hydrogen-bond acceptors (Lipinski definition) is 3. The topological polar surface area (TPSA) is 27.7 Å². The van der Waals surface area contributed by atoms with Crippen molar-refractivity contribution in [3.63, 3.8) is 0 Å². The summed E-state index contributed by atoms with van der Waals surface area (Å²) >= 11 is 3.40. The zero-order chi connectivity index (χ0) is 10.6. The average Bonchev–Trinajstić information content (AvgIpc) is 2.20. The minimum atomic E-state index is 0.599. The smallest absolute Gasteiger partial charge is 0.175 e. The van der Waals surface area contributed by atoms with Crippen LogP contribution in [0.25, 0.3) is 0 Å². The van der Waals surface area contributed by atoms with Gasteiger partial charge in [-0.1, -0.05) is 0 Å². The standard InChI is InChI=1S/C10H13BrO3/c1-4-14-10-8(11)5-7(12-2)6-9(10)13-3/h5-6H,4H2,1-3H3. The molecule has 0 fully saturated rings. The van der Waals surface area contributed by atoms with Crippen molar-refractivity contribution in [2.24, 2.45) is 0 Å². The van der Waals surface area contributed by atoms with Crippen LogP contribution in [0.4, 0.5) is 0 Å². The second-order valence-corrected chi connectivity index (χ2v) is 3.43. The maximum atomic E-state index is 5.43. The molecule has 0 atom stereocenters. The Morgan fingerprint density at radius 3 is 2.43 bits per heavy atom. The molecule has 0 spiro atoms. The quantitative estimate of drug-likeness (QED) is 0.834. The van der Waals surface area contributed by atoms with Crippen LogP contribution < -0.4 is 14.2 Å². The molecule has 14 heavy (non-hydrogen) atoms. The van der Waals surface area contributed by atoms with Gasteiger partial charge >= 0.3 is 0 Å². The molecule has 78 valence electrons. The van der Waals surface area contributed by atoms with Gasteiger partial charge in [0.25, 0.3) is 0 Å². The Morgan fingerprint density at radius 1 is 1.21 bits per heavy atom. The molecule has 1 aromatic carbocycles. The monoisotopic (exact) mass is 260 g/mol. The molecular weight excluding hydrogens is 248 g/mol. The first-order valence-corrected chi connectivity index (χ1v) is 5.06. The van der Waals surface area contributed by atoms with Crippen LogP contribution in [-0.2, 0) is 0 Å². The van der Waals surface area contributed by atoms with E-state index in [-0.39, 0.29) is 0 Å². The number of halogens is 1. The Kier molecular flexibility index (Phi) is 4.07. The third kappa shape index (κ3) is 2.32. The van der Waals surface area contributed by atoms with E-state index in [0.29, 0.717) is 18.1 Å². The molecule has 3 nitrogen and oxygen atoms in total. The van der Waals surface area contributed by atoms with E-state index >= 15 is 0 Å². The van der Waals surface area contributed by atoms with Gasteiger partial charge < -0.3 is 14.2 Å². The van der Waals surface area contributed by atoms with E-state index in [2.05, 4.69) is 15.9 Å². The van der Waals surface area contributed by atoms with Gasteiger partial charge in [-0.2, -0.15) is 0 Å². The van der Waals surface area contributed by atoms with Crippen molar-refractivity contribution in [3.8, 4) is 17.2 Å². The van der Waals surface area contributed by atoms with E-state index in [1.165, 1.54) is 0 Å². The lowest BCUT2D eigenvalue weighted by atomic mass is 10.3. The molecule has 1 rings (SSSR count). The highest BCUT2D eigenvalue weighted by molar-refractivity contribution is 9.10. The van der Waals surface area contributed by atoms with Crippen molar-refractivity contribution in [1.29, 1.82) is 0 Å². The Bertz CT molecular complexity index is 312. The van der Waals surface area contributed by atoms with Gasteiger partial charge in [0, 0.05) is 6.07 Å². The van der Waals surface area contributed by atoms with Gasteiger partial charge in [-0.05, 0) is 28.9 Å². The summed E-state index contributed by atoms with van der Waals surface area (Å²) in [5.74, 6) is 2.10. The Morgan fingerprint density at radius 2 is 1.93 bits per heavy atom. The van der Waals surface area contributed by atoms with E-state index in [0.717, 1.165) is 10.2 Å². The van der Waals surface area contributed by atoms with Crippen LogP contribution in [0.3, 0.4) is 0 Å². The molecule has 0 N–H and O–H groups in total. The summed E-state index contributed by atoms with van der Waals surface area (Å²) in [6, 6.07) is 3.63. The van der Waals surface area contributed by atoms with Gasteiger partial charge in [0.05, 0.1) is 25.3 Å². The molecule has 0 amide bonds. The zero-order valence-corrected chi connectivity index (χ0v) is 10.1. The van der Waals surface area contributed by atoms with Crippen molar-refractivity contribution in [2.75, 3.05) is 20.8 Å². The fourth-order valence-electron chi connectivity index (χ4n) is 1.10. The van der Waals surface area contributed by atoms with Crippen LogP contribution in [0.15, 0.2) is 16.6 Å². The Labute approximate surface area is 92.1 Å². The largest absolute Gasteiger partial charge is 0.497 e. The minimum Gasteiger partial charge on any atom is -0.497 e. The van der Waals surface area contributed by atoms with E-state index in [9.17, 15) is 0 Å². The number of methoxy groups -OCH3 is 2. The maximum Gasteiger partial charge on any atom is 0.175 e. The first-order valence-electron chi connectivity index (χ1n) is 4.27. The minimum absolute atomic E-state index is 0.599. The molecule has 0 aliphatic rings. The number of benzene rings is 1. The SMILES string of the molecule is CCOc1c(Br)cc(OC)cc1OC. The number of ether oxygens (including phenoxy) is 3. The second kappa shape index (κ2) is 5.10. The van der Waals surface area contributed by atoms with Crippen LogP contribution >= 0.6 is 15.9 Å². The van der Waals surface area contributed by atoms with Gasteiger partial charge in [0.1, 0.15) is 5.75 Å². The van der Waals surface area contributed by atoms with Gasteiger partial charge in [0.2, 0.25) is 0 Å². The van der Waals surface area contributed by atoms with Crippen molar-refractivity contribution in [1.82, 2.24) is 0 Å². The molecule has 4 heteroatoms. The van der Waals surface area contributed by atoms with Crippen molar-refractivity contribution in [2.45, 2.75) is 6.92 Å². The summed E-state index contributed by atoms with van der Waals surface area (Å²) in [6.45, 7) is 2.53. The van der Waals surface area contributed by atoms with E-state index in [4.69, 9.17) is 14.2 Å². The van der Waals surface area contributed by atoms with Crippen LogP contribution in [0.1, 0.15) is 6.92 Å². The van der Waals surface area contributed by atoms with Gasteiger partial charge in [-0.25, -0.2) is 0 Å². The third-order valence-electron chi connectivity index (χ3n) is 1.73. The predicted octanol–water partition coefficient (Wildman–Crippen LogP) is 2.87. The summed E-state index contributed by atoms with van der Waals surface area (Å²) in [7, 11) is 3.21. The van der Waals surface area contributed by atoms with Crippen molar-refractivity contribution >= 4 is 15.9 Å². The maximum absolute atomic E-state index is 5.43. The predicted molar refractivity (Wildman–Crippen MR) is 58.4 cm³/mol. The lowest BCUT2D eigenvalue weighted by molar-refractivity contribution is 0.306. The molecule has 1 aromatic rings. The molecule has 0 heterocycles. The van der Waals surface area contributed by atoms with Crippen molar-refractivity contribution < 1.29 is 14.2 Å². The molecule has 0 unspecified atom stereocenters. The molecular formula is C10H13BrO3. The van der Waals surface area contributed by atoms with Crippen LogP contribution in [0.2, 0.25) is 0 Å². The lowest BCUT2D eigenvalue weighted by Crippen LogP contribution is -1.97. The summed E-state index contributed by atoms with van der Waals surface area (Å²) in [4.78, 5) is 0.